The maximum Gasteiger partial charge on any atom is 0.130 e. The van der Waals surface area contributed by atoms with Gasteiger partial charge in [0.15, 0.2) is 0 Å². The quantitative estimate of drug-likeness (QED) is 0.774. The summed E-state index contributed by atoms with van der Waals surface area (Å²) in [6, 6.07) is 4.30. The fourth-order valence-corrected chi connectivity index (χ4v) is 2.07. The highest BCUT2D eigenvalue weighted by atomic mass is 35.5. The van der Waals surface area contributed by atoms with Gasteiger partial charge < -0.3 is 4.79 Å². The zero-order valence-corrected chi connectivity index (χ0v) is 10.5. The van der Waals surface area contributed by atoms with Crippen LogP contribution in [0, 0.1) is 11.7 Å². The standard InChI is InChI=1S/C13H16ClFO/c1-8(2)11(6-9(3)16)12-7-10(15)4-5-13(12)14/h4-5,7-8,11H,6H2,1-3H3. The van der Waals surface area contributed by atoms with Crippen LogP contribution in [-0.4, -0.2) is 5.78 Å². The lowest BCUT2D eigenvalue weighted by molar-refractivity contribution is -0.117. The molecule has 1 aromatic carbocycles. The molecular formula is C13H16ClFO. The minimum atomic E-state index is -0.311. The van der Waals surface area contributed by atoms with Crippen molar-refractivity contribution in [2.75, 3.05) is 0 Å². The van der Waals surface area contributed by atoms with Crippen LogP contribution in [0.25, 0.3) is 0 Å². The number of carbonyl (C=O) groups is 1. The van der Waals surface area contributed by atoms with E-state index in [0.29, 0.717) is 11.4 Å². The summed E-state index contributed by atoms with van der Waals surface area (Å²) < 4.78 is 13.2. The molecule has 0 aliphatic rings. The van der Waals surface area contributed by atoms with Gasteiger partial charge in [0.25, 0.3) is 0 Å². The second-order valence-electron chi connectivity index (χ2n) is 4.42. The Kier molecular flexibility index (Phi) is 4.48. The summed E-state index contributed by atoms with van der Waals surface area (Å²) in [5, 5.41) is 0.529. The van der Waals surface area contributed by atoms with Crippen molar-refractivity contribution in [3.05, 3.63) is 34.6 Å². The van der Waals surface area contributed by atoms with Crippen molar-refractivity contribution in [2.45, 2.75) is 33.1 Å². The molecule has 1 unspecified atom stereocenters. The van der Waals surface area contributed by atoms with Gasteiger partial charge in [-0.25, -0.2) is 4.39 Å². The van der Waals surface area contributed by atoms with E-state index in [2.05, 4.69) is 0 Å². The normalized spacial score (nSPS) is 12.9. The van der Waals surface area contributed by atoms with E-state index in [-0.39, 0.29) is 23.4 Å². The van der Waals surface area contributed by atoms with Crippen molar-refractivity contribution in [1.82, 2.24) is 0 Å². The zero-order chi connectivity index (χ0) is 12.3. The predicted molar refractivity (Wildman–Crippen MR) is 64.3 cm³/mol. The Balaban J connectivity index is 3.09. The molecule has 0 aliphatic carbocycles. The lowest BCUT2D eigenvalue weighted by Crippen LogP contribution is -2.11. The first-order chi connectivity index (χ1) is 7.41. The van der Waals surface area contributed by atoms with E-state index in [0.717, 1.165) is 5.56 Å². The third kappa shape index (κ3) is 3.31. The number of hydrogen-bond acceptors (Lipinski definition) is 1. The lowest BCUT2D eigenvalue weighted by Gasteiger charge is -2.21. The predicted octanol–water partition coefficient (Wildman–Crippen LogP) is 4.20. The second kappa shape index (κ2) is 5.44. The van der Waals surface area contributed by atoms with Gasteiger partial charge >= 0.3 is 0 Å². The Labute approximate surface area is 101 Å². The van der Waals surface area contributed by atoms with Gasteiger partial charge in [0, 0.05) is 11.4 Å². The van der Waals surface area contributed by atoms with E-state index in [1.54, 1.807) is 13.0 Å². The average molecular weight is 243 g/mol. The first kappa shape index (κ1) is 13.2. The van der Waals surface area contributed by atoms with Crippen LogP contribution in [-0.2, 0) is 4.79 Å². The van der Waals surface area contributed by atoms with Crippen LogP contribution in [0.1, 0.15) is 38.7 Å². The maximum absolute atomic E-state index is 13.2. The van der Waals surface area contributed by atoms with E-state index in [9.17, 15) is 9.18 Å². The number of halogens is 2. The van der Waals surface area contributed by atoms with Crippen LogP contribution < -0.4 is 0 Å². The molecule has 0 spiro atoms. The fourth-order valence-electron chi connectivity index (χ4n) is 1.81. The molecule has 1 aromatic rings. The molecule has 0 saturated carbocycles. The molecule has 0 saturated heterocycles. The van der Waals surface area contributed by atoms with Crippen LogP contribution in [0.5, 0.6) is 0 Å². The number of rotatable bonds is 4. The monoisotopic (exact) mass is 242 g/mol. The van der Waals surface area contributed by atoms with Crippen LogP contribution in [0.15, 0.2) is 18.2 Å². The van der Waals surface area contributed by atoms with Crippen molar-refractivity contribution in [2.24, 2.45) is 5.92 Å². The lowest BCUT2D eigenvalue weighted by atomic mass is 9.84. The topological polar surface area (TPSA) is 17.1 Å². The van der Waals surface area contributed by atoms with Crippen LogP contribution in [0.3, 0.4) is 0 Å². The smallest absolute Gasteiger partial charge is 0.130 e. The first-order valence-electron chi connectivity index (χ1n) is 5.36. The molecule has 1 nitrogen and oxygen atoms in total. The van der Waals surface area contributed by atoms with Gasteiger partial charge in [-0.05, 0) is 42.5 Å². The van der Waals surface area contributed by atoms with Crippen LogP contribution >= 0.6 is 11.6 Å². The van der Waals surface area contributed by atoms with Gasteiger partial charge in [-0.3, -0.25) is 0 Å². The molecule has 3 heteroatoms. The summed E-state index contributed by atoms with van der Waals surface area (Å²) in [6.07, 6.45) is 0.404. The van der Waals surface area contributed by atoms with Gasteiger partial charge in [0.2, 0.25) is 0 Å². The molecule has 88 valence electrons. The molecule has 0 aromatic heterocycles. The van der Waals surface area contributed by atoms with Gasteiger partial charge in [-0.1, -0.05) is 25.4 Å². The van der Waals surface area contributed by atoms with Gasteiger partial charge in [-0.2, -0.15) is 0 Å². The molecule has 0 N–H and O–H groups in total. The zero-order valence-electron chi connectivity index (χ0n) is 9.76. The highest BCUT2D eigenvalue weighted by Gasteiger charge is 2.20. The molecule has 0 radical (unpaired) electrons. The second-order valence-corrected chi connectivity index (χ2v) is 4.83. The number of Topliss-reactive ketones (excluding diaryl/α,β-unsaturated/α-hetero) is 1. The van der Waals surface area contributed by atoms with Crippen molar-refractivity contribution in [1.29, 1.82) is 0 Å². The molecule has 0 amide bonds. The summed E-state index contributed by atoms with van der Waals surface area (Å²) in [7, 11) is 0. The van der Waals surface area contributed by atoms with E-state index in [4.69, 9.17) is 11.6 Å². The van der Waals surface area contributed by atoms with Crippen molar-refractivity contribution in [3.63, 3.8) is 0 Å². The highest BCUT2D eigenvalue weighted by molar-refractivity contribution is 6.31. The third-order valence-corrected chi connectivity index (χ3v) is 3.01. The minimum Gasteiger partial charge on any atom is -0.300 e. The summed E-state index contributed by atoms with van der Waals surface area (Å²) >= 11 is 6.04. The SMILES string of the molecule is CC(=O)CC(c1cc(F)ccc1Cl)C(C)C. The van der Waals surface area contributed by atoms with E-state index in [1.807, 2.05) is 13.8 Å². The molecule has 0 heterocycles. The molecule has 1 rings (SSSR count). The first-order valence-corrected chi connectivity index (χ1v) is 5.74. The molecular weight excluding hydrogens is 227 g/mol. The number of hydrogen-bond donors (Lipinski definition) is 0. The minimum absolute atomic E-state index is 0.0132. The van der Waals surface area contributed by atoms with E-state index >= 15 is 0 Å². The highest BCUT2D eigenvalue weighted by Crippen LogP contribution is 2.33. The third-order valence-electron chi connectivity index (χ3n) is 2.67. The Bertz CT molecular complexity index is 388. The molecule has 16 heavy (non-hydrogen) atoms. The van der Waals surface area contributed by atoms with Crippen molar-refractivity contribution < 1.29 is 9.18 Å². The van der Waals surface area contributed by atoms with Crippen molar-refractivity contribution in [3.8, 4) is 0 Å². The van der Waals surface area contributed by atoms with E-state index in [1.165, 1.54) is 12.1 Å². The molecule has 0 bridgehead atoms. The average Bonchev–Trinajstić information content (AvgIpc) is 2.18. The van der Waals surface area contributed by atoms with Crippen molar-refractivity contribution >= 4 is 17.4 Å². The van der Waals surface area contributed by atoms with Gasteiger partial charge in [-0.15, -0.1) is 0 Å². The maximum atomic E-state index is 13.2. The largest absolute Gasteiger partial charge is 0.300 e. The summed E-state index contributed by atoms with van der Waals surface area (Å²) in [5.74, 6) is 0.0246. The van der Waals surface area contributed by atoms with Crippen LogP contribution in [0.4, 0.5) is 4.39 Å². The molecule has 0 aliphatic heterocycles. The summed E-state index contributed by atoms with van der Waals surface area (Å²) in [4.78, 5) is 11.2. The van der Waals surface area contributed by atoms with E-state index < -0.39 is 0 Å². The fraction of sp³-hybridized carbons (Fsp3) is 0.462. The Morgan fingerprint density at radius 3 is 2.56 bits per heavy atom. The summed E-state index contributed by atoms with van der Waals surface area (Å²) in [6.45, 7) is 5.56. The van der Waals surface area contributed by atoms with Gasteiger partial charge in [0.05, 0.1) is 0 Å². The van der Waals surface area contributed by atoms with Gasteiger partial charge in [0.1, 0.15) is 11.6 Å². The Morgan fingerprint density at radius 1 is 1.44 bits per heavy atom. The molecule has 0 fully saturated rings. The Hall–Kier alpha value is -0.890. The number of carbonyl (C=O) groups excluding carboxylic acids is 1. The van der Waals surface area contributed by atoms with Crippen LogP contribution in [0.2, 0.25) is 5.02 Å². The Morgan fingerprint density at radius 2 is 2.06 bits per heavy atom. The number of ketones is 1. The molecule has 1 atom stereocenters. The number of benzene rings is 1. The summed E-state index contributed by atoms with van der Waals surface area (Å²) in [5.41, 5.74) is 0.729.